The van der Waals surface area contributed by atoms with Gasteiger partial charge in [0.1, 0.15) is 5.00 Å². The third-order valence-electron chi connectivity index (χ3n) is 4.37. The number of hydrogen-bond acceptors (Lipinski definition) is 7. The van der Waals surface area contributed by atoms with Crippen molar-refractivity contribution in [1.82, 2.24) is 4.98 Å². The molecule has 2 heterocycles. The van der Waals surface area contributed by atoms with Gasteiger partial charge in [-0.2, -0.15) is 11.3 Å². The van der Waals surface area contributed by atoms with Crippen LogP contribution >= 0.6 is 22.7 Å². The fourth-order valence-electron chi connectivity index (χ4n) is 2.86. The first kappa shape index (κ1) is 19.7. The number of nitrogens with two attached hydrogens (primary N) is 1. The second kappa shape index (κ2) is 8.05. The number of carbonyl (C=O) groups is 3. The third-order valence-corrected chi connectivity index (χ3v) is 5.94. The fourth-order valence-corrected chi connectivity index (χ4v) is 4.38. The number of aromatic nitrogens is 1. The molecule has 9 heteroatoms. The molecule has 2 aromatic carbocycles. The summed E-state index contributed by atoms with van der Waals surface area (Å²) in [7, 11) is 0. The quantitative estimate of drug-likeness (QED) is 0.381. The first-order valence-electron chi connectivity index (χ1n) is 8.86. The van der Waals surface area contributed by atoms with Crippen LogP contribution in [0, 0.1) is 0 Å². The second-order valence-electron chi connectivity index (χ2n) is 6.49. The van der Waals surface area contributed by atoms with Gasteiger partial charge >= 0.3 is 0 Å². The highest BCUT2D eigenvalue weighted by Gasteiger charge is 2.19. The van der Waals surface area contributed by atoms with Crippen molar-refractivity contribution in [3.05, 3.63) is 70.0 Å². The maximum Gasteiger partial charge on any atom is 0.270 e. The number of carbonyl (C=O) groups excluding carboxylic acids is 3. The normalized spacial score (nSPS) is 10.7. The smallest absolute Gasteiger partial charge is 0.270 e. The van der Waals surface area contributed by atoms with Gasteiger partial charge in [-0.3, -0.25) is 14.4 Å². The Bertz CT molecular complexity index is 1280. The van der Waals surface area contributed by atoms with Gasteiger partial charge in [0.2, 0.25) is 0 Å². The number of anilines is 3. The summed E-state index contributed by atoms with van der Waals surface area (Å²) in [5.74, 6) is -1.05. The Hall–Kier alpha value is -3.56. The highest BCUT2D eigenvalue weighted by Crippen LogP contribution is 2.32. The second-order valence-corrected chi connectivity index (χ2v) is 8.26. The molecule has 4 N–H and O–H groups in total. The van der Waals surface area contributed by atoms with Gasteiger partial charge in [0, 0.05) is 16.6 Å². The monoisotopic (exact) mass is 436 g/mol. The number of Topliss-reactive ketones (excluding diaryl/α,β-unsaturated/α-hetero) is 1. The lowest BCUT2D eigenvalue weighted by Crippen LogP contribution is -2.17. The molecule has 7 nitrogen and oxygen atoms in total. The molecule has 150 valence electrons. The summed E-state index contributed by atoms with van der Waals surface area (Å²) < 4.78 is 0. The van der Waals surface area contributed by atoms with Crippen LogP contribution < -0.4 is 16.4 Å². The molecule has 0 aliphatic heterocycles. The third kappa shape index (κ3) is 4.07. The summed E-state index contributed by atoms with van der Waals surface area (Å²) in [5.41, 5.74) is 7.33. The molecule has 0 unspecified atom stereocenters. The molecule has 0 saturated carbocycles. The number of amides is 2. The summed E-state index contributed by atoms with van der Waals surface area (Å²) in [6, 6.07) is 12.8. The molecule has 0 fully saturated rings. The molecule has 0 spiro atoms. The molecule has 0 aliphatic rings. The number of thiazole rings is 1. The van der Waals surface area contributed by atoms with Crippen molar-refractivity contribution in [3.8, 4) is 0 Å². The maximum absolute atomic E-state index is 12.3. The molecule has 2 amide bonds. The number of nitrogens with one attached hydrogen (secondary N) is 2. The Morgan fingerprint density at radius 2 is 1.77 bits per heavy atom. The number of fused-ring (bicyclic) bond motifs is 1. The Balaban J connectivity index is 1.59. The van der Waals surface area contributed by atoms with Crippen molar-refractivity contribution in [1.29, 1.82) is 0 Å². The highest BCUT2D eigenvalue weighted by molar-refractivity contribution is 7.20. The Morgan fingerprint density at radius 1 is 1.00 bits per heavy atom. The highest BCUT2D eigenvalue weighted by atomic mass is 32.1. The number of nitrogens with zero attached hydrogens (tertiary/aromatic N) is 1. The van der Waals surface area contributed by atoms with Crippen LogP contribution in [0.5, 0.6) is 0 Å². The van der Waals surface area contributed by atoms with E-state index < -0.39 is 5.91 Å². The number of benzene rings is 2. The zero-order valence-corrected chi connectivity index (χ0v) is 17.4. The van der Waals surface area contributed by atoms with Gasteiger partial charge in [-0.15, -0.1) is 0 Å². The molecular weight excluding hydrogens is 420 g/mol. The zero-order chi connectivity index (χ0) is 21.3. The molecule has 0 atom stereocenters. The predicted molar refractivity (Wildman–Crippen MR) is 120 cm³/mol. The standard InChI is InChI=1S/C21H16N4O3S2/c1-11(26)12-2-3-14-9-16(5-4-13(14)8-12)23-21-24-17(18(22)27)20(30-21)25-19(28)15-6-7-29-10-15/h2-10H,1H3,(H2,22,27)(H,23,24)(H,25,28). The predicted octanol–water partition coefficient (Wildman–Crippen LogP) is 4.66. The van der Waals surface area contributed by atoms with Crippen LogP contribution in [0.4, 0.5) is 15.8 Å². The summed E-state index contributed by atoms with van der Waals surface area (Å²) in [5, 5.41) is 11.9. The fraction of sp³-hybridized carbons (Fsp3) is 0.0476. The van der Waals surface area contributed by atoms with Crippen LogP contribution in [0.2, 0.25) is 0 Å². The molecule has 2 aromatic heterocycles. The Labute approximate surface area is 179 Å². The lowest BCUT2D eigenvalue weighted by atomic mass is 10.0. The minimum atomic E-state index is -0.727. The van der Waals surface area contributed by atoms with Crippen molar-refractivity contribution in [2.24, 2.45) is 5.73 Å². The molecule has 0 radical (unpaired) electrons. The summed E-state index contributed by atoms with van der Waals surface area (Å²) in [6.45, 7) is 1.53. The van der Waals surface area contributed by atoms with Gasteiger partial charge in [-0.1, -0.05) is 29.5 Å². The molecule has 0 saturated heterocycles. The van der Waals surface area contributed by atoms with Gasteiger partial charge in [0.25, 0.3) is 11.8 Å². The summed E-state index contributed by atoms with van der Waals surface area (Å²) in [4.78, 5) is 39.9. The van der Waals surface area contributed by atoms with Gasteiger partial charge in [0.05, 0.1) is 5.56 Å². The number of hydrogen-bond donors (Lipinski definition) is 3. The van der Waals surface area contributed by atoms with Gasteiger partial charge in [-0.25, -0.2) is 4.98 Å². The Morgan fingerprint density at radius 3 is 2.47 bits per heavy atom. The topological polar surface area (TPSA) is 114 Å². The van der Waals surface area contributed by atoms with Crippen molar-refractivity contribution in [2.45, 2.75) is 6.92 Å². The first-order valence-corrected chi connectivity index (χ1v) is 10.6. The maximum atomic E-state index is 12.3. The van der Waals surface area contributed by atoms with Crippen LogP contribution in [0.1, 0.15) is 38.1 Å². The lowest BCUT2D eigenvalue weighted by molar-refractivity contribution is 0.0993. The van der Waals surface area contributed by atoms with Gasteiger partial charge < -0.3 is 16.4 Å². The van der Waals surface area contributed by atoms with E-state index in [1.165, 1.54) is 18.3 Å². The van der Waals surface area contributed by atoms with E-state index in [0.717, 1.165) is 27.8 Å². The van der Waals surface area contributed by atoms with Crippen LogP contribution in [0.15, 0.2) is 53.2 Å². The number of ketones is 1. The largest absolute Gasteiger partial charge is 0.364 e. The van der Waals surface area contributed by atoms with Crippen molar-refractivity contribution in [3.63, 3.8) is 0 Å². The lowest BCUT2D eigenvalue weighted by Gasteiger charge is -2.06. The number of thiophene rings is 1. The Kier molecular flexibility index (Phi) is 5.30. The average molecular weight is 437 g/mol. The van der Waals surface area contributed by atoms with Crippen LogP contribution in [0.3, 0.4) is 0 Å². The summed E-state index contributed by atoms with van der Waals surface area (Å²) in [6.07, 6.45) is 0. The van der Waals surface area contributed by atoms with E-state index in [4.69, 9.17) is 5.73 Å². The van der Waals surface area contributed by atoms with Crippen LogP contribution in [-0.4, -0.2) is 22.6 Å². The van der Waals surface area contributed by atoms with Crippen LogP contribution in [-0.2, 0) is 0 Å². The molecule has 30 heavy (non-hydrogen) atoms. The average Bonchev–Trinajstić information content (AvgIpc) is 3.38. The van der Waals surface area contributed by atoms with E-state index in [1.54, 1.807) is 22.9 Å². The molecular formula is C21H16N4O3S2. The van der Waals surface area contributed by atoms with Gasteiger partial charge in [-0.05, 0) is 47.3 Å². The van der Waals surface area contributed by atoms with E-state index in [2.05, 4.69) is 15.6 Å². The van der Waals surface area contributed by atoms with Crippen molar-refractivity contribution in [2.75, 3.05) is 10.6 Å². The molecule has 0 aliphatic carbocycles. The van der Waals surface area contributed by atoms with Crippen molar-refractivity contribution >= 4 is 66.9 Å². The molecule has 4 aromatic rings. The zero-order valence-electron chi connectivity index (χ0n) is 15.8. The summed E-state index contributed by atoms with van der Waals surface area (Å²) >= 11 is 2.53. The molecule has 4 rings (SSSR count). The first-order chi connectivity index (χ1) is 14.4. The van der Waals surface area contributed by atoms with E-state index >= 15 is 0 Å². The van der Waals surface area contributed by atoms with Crippen LogP contribution in [0.25, 0.3) is 10.8 Å². The van der Waals surface area contributed by atoms with Gasteiger partial charge in [0.15, 0.2) is 16.6 Å². The SMILES string of the molecule is CC(=O)c1ccc2cc(Nc3nc(C(N)=O)c(NC(=O)c4ccsc4)s3)ccc2c1. The van der Waals surface area contributed by atoms with E-state index in [1.807, 2.05) is 30.3 Å². The number of primary amides is 1. The van der Waals surface area contributed by atoms with Crippen molar-refractivity contribution < 1.29 is 14.4 Å². The van der Waals surface area contributed by atoms with E-state index in [9.17, 15) is 14.4 Å². The number of rotatable bonds is 6. The van der Waals surface area contributed by atoms with E-state index in [0.29, 0.717) is 16.3 Å². The minimum Gasteiger partial charge on any atom is -0.364 e. The molecule has 0 bridgehead atoms. The minimum absolute atomic E-state index is 0.00188. The van der Waals surface area contributed by atoms with E-state index in [-0.39, 0.29) is 22.4 Å².